The fourth-order valence-corrected chi connectivity index (χ4v) is 3.65. The molecule has 2 amide bonds. The minimum Gasteiger partial charge on any atom is -0.493 e. The largest absolute Gasteiger partial charge is 0.493 e. The average molecular weight is 375 g/mol. The minimum atomic E-state index is -0.627. The van der Waals surface area contributed by atoms with Gasteiger partial charge in [0.15, 0.2) is 11.5 Å². The molecule has 6 heteroatoms. The van der Waals surface area contributed by atoms with Crippen LogP contribution in [0.15, 0.2) is 18.2 Å². The van der Waals surface area contributed by atoms with E-state index in [-0.39, 0.29) is 24.3 Å². The SMILES string of the molecule is COc1ccc(C2CC(=O)N(C(=O)OC(C)(C)C)C2)cc1OC1CCCC1. The van der Waals surface area contributed by atoms with Gasteiger partial charge in [-0.15, -0.1) is 0 Å². The van der Waals surface area contributed by atoms with E-state index in [2.05, 4.69) is 0 Å². The van der Waals surface area contributed by atoms with Crippen LogP contribution in [0.3, 0.4) is 0 Å². The van der Waals surface area contributed by atoms with Crippen LogP contribution in [0.2, 0.25) is 0 Å². The van der Waals surface area contributed by atoms with E-state index in [9.17, 15) is 9.59 Å². The maximum absolute atomic E-state index is 12.3. The van der Waals surface area contributed by atoms with Crippen LogP contribution >= 0.6 is 0 Å². The minimum absolute atomic E-state index is 0.0677. The molecular formula is C21H29NO5. The lowest BCUT2D eigenvalue weighted by Crippen LogP contribution is -2.37. The summed E-state index contributed by atoms with van der Waals surface area (Å²) >= 11 is 0. The van der Waals surface area contributed by atoms with E-state index in [0.717, 1.165) is 18.4 Å². The van der Waals surface area contributed by atoms with Crippen LogP contribution in [-0.2, 0) is 9.53 Å². The zero-order chi connectivity index (χ0) is 19.6. The van der Waals surface area contributed by atoms with Gasteiger partial charge >= 0.3 is 6.09 Å². The molecule has 1 heterocycles. The monoisotopic (exact) mass is 375 g/mol. The smallest absolute Gasteiger partial charge is 0.417 e. The first-order valence-corrected chi connectivity index (χ1v) is 9.65. The third kappa shape index (κ3) is 4.73. The second-order valence-electron chi connectivity index (χ2n) is 8.32. The van der Waals surface area contributed by atoms with Gasteiger partial charge in [-0.05, 0) is 64.2 Å². The van der Waals surface area contributed by atoms with Gasteiger partial charge in [0.2, 0.25) is 5.91 Å². The van der Waals surface area contributed by atoms with Gasteiger partial charge in [-0.25, -0.2) is 9.69 Å². The Bertz CT molecular complexity index is 703. The van der Waals surface area contributed by atoms with Crippen molar-refractivity contribution in [1.29, 1.82) is 0 Å². The van der Waals surface area contributed by atoms with Crippen molar-refractivity contribution in [3.8, 4) is 11.5 Å². The predicted molar refractivity (Wildman–Crippen MR) is 101 cm³/mol. The molecule has 1 atom stereocenters. The third-order valence-electron chi connectivity index (χ3n) is 4.99. The first kappa shape index (κ1) is 19.5. The quantitative estimate of drug-likeness (QED) is 0.786. The summed E-state index contributed by atoms with van der Waals surface area (Å²) in [6.07, 6.45) is 4.42. The highest BCUT2D eigenvalue weighted by Crippen LogP contribution is 2.37. The van der Waals surface area contributed by atoms with Crippen LogP contribution in [0.4, 0.5) is 4.79 Å². The van der Waals surface area contributed by atoms with E-state index in [1.807, 2.05) is 18.2 Å². The summed E-state index contributed by atoms with van der Waals surface area (Å²) in [6.45, 7) is 5.69. The molecule has 0 bridgehead atoms. The summed E-state index contributed by atoms with van der Waals surface area (Å²) in [4.78, 5) is 25.8. The Kier molecular flexibility index (Phi) is 5.63. The second kappa shape index (κ2) is 7.79. The molecule has 2 aliphatic rings. The number of amides is 2. The molecule has 1 aliphatic carbocycles. The summed E-state index contributed by atoms with van der Waals surface area (Å²) in [5.74, 6) is 1.13. The van der Waals surface area contributed by atoms with E-state index in [0.29, 0.717) is 18.0 Å². The number of benzene rings is 1. The lowest BCUT2D eigenvalue weighted by atomic mass is 9.98. The highest BCUT2D eigenvalue weighted by atomic mass is 16.6. The first-order chi connectivity index (χ1) is 12.8. The van der Waals surface area contributed by atoms with E-state index in [4.69, 9.17) is 14.2 Å². The van der Waals surface area contributed by atoms with E-state index in [1.165, 1.54) is 17.7 Å². The molecule has 2 fully saturated rings. The molecule has 0 spiro atoms. The Morgan fingerprint density at radius 1 is 1.15 bits per heavy atom. The molecular weight excluding hydrogens is 346 g/mol. The highest BCUT2D eigenvalue weighted by Gasteiger charge is 2.37. The topological polar surface area (TPSA) is 65.1 Å². The van der Waals surface area contributed by atoms with Crippen LogP contribution < -0.4 is 9.47 Å². The van der Waals surface area contributed by atoms with Crippen molar-refractivity contribution in [3.63, 3.8) is 0 Å². The number of carbonyl (C=O) groups excluding carboxylic acids is 2. The van der Waals surface area contributed by atoms with E-state index in [1.54, 1.807) is 27.9 Å². The third-order valence-corrected chi connectivity index (χ3v) is 4.99. The van der Waals surface area contributed by atoms with Crippen LogP contribution in [0.1, 0.15) is 64.4 Å². The average Bonchev–Trinajstić information content (AvgIpc) is 3.23. The molecule has 1 aromatic carbocycles. The van der Waals surface area contributed by atoms with Gasteiger partial charge in [-0.1, -0.05) is 6.07 Å². The van der Waals surface area contributed by atoms with Crippen LogP contribution in [-0.4, -0.2) is 42.3 Å². The Balaban J connectivity index is 1.74. The van der Waals surface area contributed by atoms with Crippen molar-refractivity contribution < 1.29 is 23.8 Å². The number of methoxy groups -OCH3 is 1. The summed E-state index contributed by atoms with van der Waals surface area (Å²) in [5.41, 5.74) is 0.348. The lowest BCUT2D eigenvalue weighted by Gasteiger charge is -2.23. The van der Waals surface area contributed by atoms with Crippen LogP contribution in [0.5, 0.6) is 11.5 Å². The molecule has 0 aromatic heterocycles. The molecule has 27 heavy (non-hydrogen) atoms. The summed E-state index contributed by atoms with van der Waals surface area (Å²) in [6, 6.07) is 5.77. The molecule has 0 radical (unpaired) electrons. The number of carbonyl (C=O) groups is 2. The Morgan fingerprint density at radius 2 is 1.85 bits per heavy atom. The molecule has 0 N–H and O–H groups in total. The molecule has 1 aliphatic heterocycles. The zero-order valence-electron chi connectivity index (χ0n) is 16.6. The molecule has 1 unspecified atom stereocenters. The number of hydrogen-bond acceptors (Lipinski definition) is 5. The maximum Gasteiger partial charge on any atom is 0.417 e. The van der Waals surface area contributed by atoms with Crippen molar-refractivity contribution in [1.82, 2.24) is 4.90 Å². The molecule has 1 saturated carbocycles. The van der Waals surface area contributed by atoms with E-state index >= 15 is 0 Å². The van der Waals surface area contributed by atoms with Crippen LogP contribution in [0, 0.1) is 0 Å². The van der Waals surface area contributed by atoms with Crippen molar-refractivity contribution in [3.05, 3.63) is 23.8 Å². The van der Waals surface area contributed by atoms with Gasteiger partial charge in [0, 0.05) is 18.9 Å². The first-order valence-electron chi connectivity index (χ1n) is 9.65. The molecule has 6 nitrogen and oxygen atoms in total. The fourth-order valence-electron chi connectivity index (χ4n) is 3.65. The number of imide groups is 1. The number of hydrogen-bond donors (Lipinski definition) is 0. The normalized spacial score (nSPS) is 20.8. The summed E-state index contributed by atoms with van der Waals surface area (Å²) in [5, 5.41) is 0. The lowest BCUT2D eigenvalue weighted by molar-refractivity contribution is -0.126. The molecule has 1 saturated heterocycles. The molecule has 1 aromatic rings. The number of ether oxygens (including phenoxy) is 3. The van der Waals surface area contributed by atoms with Gasteiger partial charge in [0.1, 0.15) is 5.60 Å². The highest BCUT2D eigenvalue weighted by molar-refractivity contribution is 5.94. The van der Waals surface area contributed by atoms with Crippen molar-refractivity contribution in [2.45, 2.75) is 70.5 Å². The number of likely N-dealkylation sites (tertiary alicyclic amines) is 1. The van der Waals surface area contributed by atoms with E-state index < -0.39 is 11.7 Å². The van der Waals surface area contributed by atoms with Crippen molar-refractivity contribution in [2.24, 2.45) is 0 Å². The summed E-state index contributed by atoms with van der Waals surface area (Å²) < 4.78 is 16.9. The Labute approximate surface area is 160 Å². The number of nitrogens with zero attached hydrogens (tertiary/aromatic N) is 1. The maximum atomic E-state index is 12.3. The number of rotatable bonds is 4. The Morgan fingerprint density at radius 3 is 2.48 bits per heavy atom. The Hall–Kier alpha value is -2.24. The van der Waals surface area contributed by atoms with Gasteiger partial charge < -0.3 is 14.2 Å². The second-order valence-corrected chi connectivity index (χ2v) is 8.32. The summed E-state index contributed by atoms with van der Waals surface area (Å²) in [7, 11) is 1.62. The van der Waals surface area contributed by atoms with Crippen LogP contribution in [0.25, 0.3) is 0 Å². The standard InChI is InChI=1S/C21H29NO5/c1-21(2,3)27-20(24)22-13-15(12-19(22)23)14-9-10-17(25-4)18(11-14)26-16-7-5-6-8-16/h9-11,15-16H,5-8,12-13H2,1-4H3. The fraction of sp³-hybridized carbons (Fsp3) is 0.619. The molecule has 3 rings (SSSR count). The van der Waals surface area contributed by atoms with Gasteiger partial charge in [-0.2, -0.15) is 0 Å². The van der Waals surface area contributed by atoms with Gasteiger partial charge in [0.05, 0.1) is 13.2 Å². The van der Waals surface area contributed by atoms with Crippen molar-refractivity contribution in [2.75, 3.05) is 13.7 Å². The van der Waals surface area contributed by atoms with Gasteiger partial charge in [-0.3, -0.25) is 4.79 Å². The van der Waals surface area contributed by atoms with Crippen molar-refractivity contribution >= 4 is 12.0 Å². The molecule has 148 valence electrons. The predicted octanol–water partition coefficient (Wildman–Crippen LogP) is 4.27. The zero-order valence-corrected chi connectivity index (χ0v) is 16.6. The van der Waals surface area contributed by atoms with Gasteiger partial charge in [0.25, 0.3) is 0 Å².